The minimum atomic E-state index is -0.558. The van der Waals surface area contributed by atoms with E-state index in [-0.39, 0.29) is 17.6 Å². The van der Waals surface area contributed by atoms with Gasteiger partial charge in [-0.3, -0.25) is 4.79 Å². The summed E-state index contributed by atoms with van der Waals surface area (Å²) in [7, 11) is 1.95. The third-order valence-electron chi connectivity index (χ3n) is 3.74. The van der Waals surface area contributed by atoms with Gasteiger partial charge >= 0.3 is 0 Å². The average Bonchev–Trinajstić information content (AvgIpc) is 2.43. The molecule has 2 N–H and O–H groups in total. The van der Waals surface area contributed by atoms with Crippen LogP contribution in [0.4, 0.5) is 4.39 Å². The number of aliphatic hydroxyl groups excluding tert-OH is 1. The molecule has 2 rings (SSSR count). The molecule has 4 nitrogen and oxygen atoms in total. The van der Waals surface area contributed by atoms with Crippen molar-refractivity contribution in [2.45, 2.75) is 18.9 Å². The van der Waals surface area contributed by atoms with Crippen LogP contribution in [-0.2, 0) is 11.2 Å². The van der Waals surface area contributed by atoms with Gasteiger partial charge in [0.25, 0.3) is 0 Å². The van der Waals surface area contributed by atoms with Crippen molar-refractivity contribution in [3.63, 3.8) is 0 Å². The number of carbonyl (C=O) groups is 1. The van der Waals surface area contributed by atoms with Crippen molar-refractivity contribution in [2.75, 3.05) is 26.7 Å². The van der Waals surface area contributed by atoms with E-state index in [1.54, 1.807) is 12.1 Å². The Kier molecular flexibility index (Phi) is 5.09. The van der Waals surface area contributed by atoms with E-state index in [0.717, 1.165) is 12.1 Å². The molecule has 110 valence electrons. The van der Waals surface area contributed by atoms with Crippen molar-refractivity contribution in [3.8, 4) is 0 Å². The zero-order valence-electron chi connectivity index (χ0n) is 11.7. The summed E-state index contributed by atoms with van der Waals surface area (Å²) in [6, 6.07) is 6.25. The molecule has 0 aromatic heterocycles. The Bertz CT molecular complexity index is 450. The van der Waals surface area contributed by atoms with Gasteiger partial charge in [0.1, 0.15) is 5.82 Å². The van der Waals surface area contributed by atoms with Crippen LogP contribution in [-0.4, -0.2) is 48.7 Å². The standard InChI is InChI=1S/C15H21FN2O2/c1-18-9-7-14(19)13(10-18)15(20)17-8-6-11-2-4-12(16)5-3-11/h2-5,13-14,19H,6-10H2,1H3,(H,17,20)/t13-,14-/m1/s1. The molecular weight excluding hydrogens is 259 g/mol. The number of halogens is 1. The second kappa shape index (κ2) is 6.81. The Hall–Kier alpha value is -1.46. The molecule has 0 bridgehead atoms. The van der Waals surface area contributed by atoms with Gasteiger partial charge in [0.05, 0.1) is 12.0 Å². The molecule has 2 atom stereocenters. The highest BCUT2D eigenvalue weighted by Gasteiger charge is 2.31. The minimum absolute atomic E-state index is 0.105. The Morgan fingerprint density at radius 1 is 1.45 bits per heavy atom. The van der Waals surface area contributed by atoms with Crippen molar-refractivity contribution in [1.29, 1.82) is 0 Å². The highest BCUT2D eigenvalue weighted by Crippen LogP contribution is 2.16. The van der Waals surface area contributed by atoms with Crippen LogP contribution >= 0.6 is 0 Å². The summed E-state index contributed by atoms with van der Waals surface area (Å²) in [4.78, 5) is 14.1. The van der Waals surface area contributed by atoms with Crippen LogP contribution in [0.2, 0.25) is 0 Å². The fraction of sp³-hybridized carbons (Fsp3) is 0.533. The summed E-state index contributed by atoms with van der Waals surface area (Å²) in [6.07, 6.45) is 0.731. The van der Waals surface area contributed by atoms with Crippen LogP contribution in [0, 0.1) is 11.7 Å². The molecular formula is C15H21FN2O2. The van der Waals surface area contributed by atoms with Gasteiger partial charge < -0.3 is 15.3 Å². The number of carbonyl (C=O) groups excluding carboxylic acids is 1. The molecule has 0 saturated carbocycles. The Labute approximate surface area is 118 Å². The topological polar surface area (TPSA) is 52.6 Å². The van der Waals surface area contributed by atoms with Crippen LogP contribution in [0.3, 0.4) is 0 Å². The van der Waals surface area contributed by atoms with Gasteiger partial charge in [-0.1, -0.05) is 12.1 Å². The van der Waals surface area contributed by atoms with Crippen molar-refractivity contribution in [3.05, 3.63) is 35.6 Å². The largest absolute Gasteiger partial charge is 0.392 e. The fourth-order valence-corrected chi connectivity index (χ4v) is 2.47. The number of nitrogens with zero attached hydrogens (tertiary/aromatic N) is 1. The number of rotatable bonds is 4. The molecule has 1 heterocycles. The summed E-state index contributed by atoms with van der Waals surface area (Å²) in [6.45, 7) is 1.90. The molecule has 20 heavy (non-hydrogen) atoms. The lowest BCUT2D eigenvalue weighted by Gasteiger charge is -2.32. The summed E-state index contributed by atoms with van der Waals surface area (Å²) >= 11 is 0. The van der Waals surface area contributed by atoms with E-state index < -0.39 is 6.10 Å². The molecule has 1 aliphatic heterocycles. The maximum absolute atomic E-state index is 12.8. The molecule has 1 aliphatic rings. The van der Waals surface area contributed by atoms with Gasteiger partial charge in [-0.05, 0) is 37.6 Å². The first-order valence-corrected chi connectivity index (χ1v) is 6.95. The summed E-state index contributed by atoms with van der Waals surface area (Å²) in [5.74, 6) is -0.723. The zero-order chi connectivity index (χ0) is 14.5. The number of aliphatic hydroxyl groups is 1. The van der Waals surface area contributed by atoms with Crippen molar-refractivity contribution in [1.82, 2.24) is 10.2 Å². The smallest absolute Gasteiger partial charge is 0.227 e. The second-order valence-electron chi connectivity index (χ2n) is 5.39. The van der Waals surface area contributed by atoms with E-state index in [9.17, 15) is 14.3 Å². The highest BCUT2D eigenvalue weighted by molar-refractivity contribution is 5.79. The summed E-state index contributed by atoms with van der Waals surface area (Å²) < 4.78 is 12.8. The van der Waals surface area contributed by atoms with Crippen molar-refractivity contribution >= 4 is 5.91 Å². The van der Waals surface area contributed by atoms with Crippen LogP contribution in [0.5, 0.6) is 0 Å². The van der Waals surface area contributed by atoms with E-state index in [1.807, 2.05) is 7.05 Å². The number of hydrogen-bond donors (Lipinski definition) is 2. The van der Waals surface area contributed by atoms with E-state index in [4.69, 9.17) is 0 Å². The Balaban J connectivity index is 1.78. The molecule has 5 heteroatoms. The number of hydrogen-bond acceptors (Lipinski definition) is 3. The zero-order valence-corrected chi connectivity index (χ0v) is 11.7. The second-order valence-corrected chi connectivity index (χ2v) is 5.39. The average molecular weight is 280 g/mol. The Morgan fingerprint density at radius 3 is 2.85 bits per heavy atom. The number of amides is 1. The molecule has 0 aliphatic carbocycles. The molecule has 1 aromatic carbocycles. The van der Waals surface area contributed by atoms with E-state index >= 15 is 0 Å². The quantitative estimate of drug-likeness (QED) is 0.857. The van der Waals surface area contributed by atoms with Gasteiger partial charge in [-0.25, -0.2) is 4.39 Å². The third kappa shape index (κ3) is 4.02. The molecule has 1 amide bonds. The maximum Gasteiger partial charge on any atom is 0.227 e. The predicted octanol–water partition coefficient (Wildman–Crippen LogP) is 0.797. The Morgan fingerprint density at radius 2 is 2.15 bits per heavy atom. The van der Waals surface area contributed by atoms with Gasteiger partial charge in [0.15, 0.2) is 0 Å². The minimum Gasteiger partial charge on any atom is -0.392 e. The van der Waals surface area contributed by atoms with Gasteiger partial charge in [0, 0.05) is 19.6 Å². The molecule has 1 fully saturated rings. The monoisotopic (exact) mass is 280 g/mol. The number of nitrogens with one attached hydrogen (secondary N) is 1. The van der Waals surface area contributed by atoms with Crippen LogP contribution < -0.4 is 5.32 Å². The van der Waals surface area contributed by atoms with Crippen LogP contribution in [0.15, 0.2) is 24.3 Å². The van der Waals surface area contributed by atoms with Crippen molar-refractivity contribution < 1.29 is 14.3 Å². The lowest BCUT2D eigenvalue weighted by atomic mass is 9.94. The van der Waals surface area contributed by atoms with E-state index in [2.05, 4.69) is 10.2 Å². The van der Waals surface area contributed by atoms with E-state index in [1.165, 1.54) is 12.1 Å². The first-order valence-electron chi connectivity index (χ1n) is 6.95. The highest BCUT2D eigenvalue weighted by atomic mass is 19.1. The number of benzene rings is 1. The summed E-state index contributed by atoms with van der Waals surface area (Å²) in [5, 5.41) is 12.7. The summed E-state index contributed by atoms with van der Waals surface area (Å²) in [5.41, 5.74) is 0.980. The third-order valence-corrected chi connectivity index (χ3v) is 3.74. The normalized spacial score (nSPS) is 23.6. The first kappa shape index (κ1) is 14.9. The first-order chi connectivity index (χ1) is 9.56. The molecule has 0 unspecified atom stereocenters. The number of piperidine rings is 1. The lowest BCUT2D eigenvalue weighted by molar-refractivity contribution is -0.131. The molecule has 1 aromatic rings. The van der Waals surface area contributed by atoms with E-state index in [0.29, 0.717) is 25.9 Å². The van der Waals surface area contributed by atoms with Crippen molar-refractivity contribution in [2.24, 2.45) is 5.92 Å². The predicted molar refractivity (Wildman–Crippen MR) is 74.7 cm³/mol. The maximum atomic E-state index is 12.8. The fourth-order valence-electron chi connectivity index (χ4n) is 2.47. The molecule has 0 spiro atoms. The molecule has 1 saturated heterocycles. The van der Waals surface area contributed by atoms with Crippen LogP contribution in [0.25, 0.3) is 0 Å². The molecule has 0 radical (unpaired) electrons. The SMILES string of the molecule is CN1CC[C@@H](O)[C@H](C(=O)NCCc2ccc(F)cc2)C1. The van der Waals surface area contributed by atoms with Gasteiger partial charge in [0.2, 0.25) is 5.91 Å². The van der Waals surface area contributed by atoms with Gasteiger partial charge in [-0.2, -0.15) is 0 Å². The number of likely N-dealkylation sites (tertiary alicyclic amines) is 1. The van der Waals surface area contributed by atoms with Crippen LogP contribution in [0.1, 0.15) is 12.0 Å². The van der Waals surface area contributed by atoms with Gasteiger partial charge in [-0.15, -0.1) is 0 Å². The lowest BCUT2D eigenvalue weighted by Crippen LogP contribution is -2.49.